The minimum Gasteiger partial charge on any atom is -0.448 e. The number of carbonyl (C=O) groups is 1. The molecule has 0 spiro atoms. The Balaban J connectivity index is 1.91. The number of ether oxygens (including phenoxy) is 1. The number of oxazole rings is 1. The number of rotatable bonds is 1. The Bertz CT molecular complexity index is 409. The average molecular weight is 266 g/mol. The van der Waals surface area contributed by atoms with Crippen molar-refractivity contribution in [2.45, 2.75) is 51.6 Å². The molecule has 1 aliphatic heterocycles. The minimum atomic E-state index is -0.437. The fourth-order valence-electron chi connectivity index (χ4n) is 2.32. The molecule has 1 amide bonds. The second kappa shape index (κ2) is 5.63. The Morgan fingerprint density at radius 1 is 1.42 bits per heavy atom. The van der Waals surface area contributed by atoms with Gasteiger partial charge in [0, 0.05) is 19.0 Å². The van der Waals surface area contributed by atoms with Crippen molar-refractivity contribution >= 4 is 6.09 Å². The fourth-order valence-corrected chi connectivity index (χ4v) is 2.32. The van der Waals surface area contributed by atoms with Gasteiger partial charge in [-0.05, 0) is 40.0 Å². The van der Waals surface area contributed by atoms with Crippen LogP contribution >= 0.6 is 0 Å². The molecule has 0 N–H and O–H groups in total. The van der Waals surface area contributed by atoms with E-state index < -0.39 is 5.60 Å². The van der Waals surface area contributed by atoms with Crippen molar-refractivity contribution in [2.24, 2.45) is 0 Å². The molecule has 2 rings (SSSR count). The van der Waals surface area contributed by atoms with E-state index in [1.54, 1.807) is 11.1 Å². The van der Waals surface area contributed by atoms with E-state index in [-0.39, 0.29) is 6.09 Å². The molecule has 0 aliphatic carbocycles. The topological polar surface area (TPSA) is 55.6 Å². The quantitative estimate of drug-likeness (QED) is 0.783. The summed E-state index contributed by atoms with van der Waals surface area (Å²) in [4.78, 5) is 17.8. The molecule has 1 aromatic heterocycles. The molecule has 0 radical (unpaired) electrons. The van der Waals surface area contributed by atoms with Crippen LogP contribution in [0.4, 0.5) is 4.79 Å². The molecule has 1 fully saturated rings. The van der Waals surface area contributed by atoms with Crippen LogP contribution in [0.5, 0.6) is 0 Å². The Morgan fingerprint density at radius 3 is 2.84 bits per heavy atom. The van der Waals surface area contributed by atoms with Crippen molar-refractivity contribution in [2.75, 3.05) is 13.1 Å². The maximum absolute atomic E-state index is 12.0. The van der Waals surface area contributed by atoms with Crippen LogP contribution in [-0.4, -0.2) is 34.7 Å². The van der Waals surface area contributed by atoms with E-state index in [4.69, 9.17) is 9.15 Å². The number of nitrogens with zero attached hydrogens (tertiary/aromatic N) is 2. The monoisotopic (exact) mass is 266 g/mol. The highest BCUT2D eigenvalue weighted by molar-refractivity contribution is 5.68. The molecular weight excluding hydrogens is 244 g/mol. The first kappa shape index (κ1) is 13.9. The molecule has 1 aromatic rings. The summed E-state index contributed by atoms with van der Waals surface area (Å²) in [6, 6.07) is 0. The van der Waals surface area contributed by atoms with Gasteiger partial charge in [0.05, 0.1) is 6.20 Å². The molecule has 0 saturated carbocycles. The fraction of sp³-hybridized carbons (Fsp3) is 0.714. The molecule has 5 heteroatoms. The molecule has 1 atom stereocenters. The largest absolute Gasteiger partial charge is 0.448 e. The summed E-state index contributed by atoms with van der Waals surface area (Å²) in [5.41, 5.74) is -0.437. The predicted molar refractivity (Wildman–Crippen MR) is 70.9 cm³/mol. The van der Waals surface area contributed by atoms with Gasteiger partial charge in [0.2, 0.25) is 0 Å². The molecule has 1 unspecified atom stereocenters. The van der Waals surface area contributed by atoms with Crippen molar-refractivity contribution in [3.63, 3.8) is 0 Å². The van der Waals surface area contributed by atoms with Gasteiger partial charge in [-0.1, -0.05) is 0 Å². The van der Waals surface area contributed by atoms with Gasteiger partial charge in [-0.25, -0.2) is 9.78 Å². The van der Waals surface area contributed by atoms with Crippen LogP contribution in [0.15, 0.2) is 17.0 Å². The smallest absolute Gasteiger partial charge is 0.410 e. The molecule has 0 aromatic carbocycles. The van der Waals surface area contributed by atoms with E-state index >= 15 is 0 Å². The van der Waals surface area contributed by atoms with Crippen molar-refractivity contribution < 1.29 is 13.9 Å². The Labute approximate surface area is 113 Å². The standard InChI is InChI=1S/C14H22N2O3/c1-14(2,3)19-13(17)16-7-4-5-11(6-8-16)12-9-15-10-18-12/h9-11H,4-8H2,1-3H3. The highest BCUT2D eigenvalue weighted by atomic mass is 16.6. The van der Waals surface area contributed by atoms with Crippen molar-refractivity contribution in [1.29, 1.82) is 0 Å². The summed E-state index contributed by atoms with van der Waals surface area (Å²) < 4.78 is 10.8. The lowest BCUT2D eigenvalue weighted by Crippen LogP contribution is -2.37. The molecule has 19 heavy (non-hydrogen) atoms. The normalized spacial score (nSPS) is 21.0. The predicted octanol–water partition coefficient (Wildman–Crippen LogP) is 3.18. The summed E-state index contributed by atoms with van der Waals surface area (Å²) in [7, 11) is 0. The number of likely N-dealkylation sites (tertiary alicyclic amines) is 1. The van der Waals surface area contributed by atoms with Gasteiger partial charge in [0.1, 0.15) is 11.4 Å². The highest BCUT2D eigenvalue weighted by Crippen LogP contribution is 2.28. The first-order valence-corrected chi connectivity index (χ1v) is 6.82. The van der Waals surface area contributed by atoms with Crippen LogP contribution < -0.4 is 0 Å². The minimum absolute atomic E-state index is 0.217. The van der Waals surface area contributed by atoms with Crippen LogP contribution in [0.2, 0.25) is 0 Å². The van der Waals surface area contributed by atoms with Crippen LogP contribution in [0.25, 0.3) is 0 Å². The lowest BCUT2D eigenvalue weighted by atomic mass is 9.99. The van der Waals surface area contributed by atoms with E-state index in [2.05, 4.69) is 4.98 Å². The zero-order valence-corrected chi connectivity index (χ0v) is 11.9. The summed E-state index contributed by atoms with van der Waals surface area (Å²) >= 11 is 0. The van der Waals surface area contributed by atoms with Crippen LogP contribution in [-0.2, 0) is 4.74 Å². The van der Waals surface area contributed by atoms with E-state index in [1.807, 2.05) is 20.8 Å². The summed E-state index contributed by atoms with van der Waals surface area (Å²) in [6.07, 6.45) is 5.90. The zero-order valence-electron chi connectivity index (χ0n) is 11.9. The van der Waals surface area contributed by atoms with Crippen molar-refractivity contribution in [1.82, 2.24) is 9.88 Å². The van der Waals surface area contributed by atoms with Gasteiger partial charge >= 0.3 is 6.09 Å². The maximum Gasteiger partial charge on any atom is 0.410 e. The molecule has 106 valence electrons. The Morgan fingerprint density at radius 2 is 2.21 bits per heavy atom. The number of amides is 1. The van der Waals surface area contributed by atoms with E-state index in [1.165, 1.54) is 6.39 Å². The third-order valence-electron chi connectivity index (χ3n) is 3.23. The lowest BCUT2D eigenvalue weighted by Gasteiger charge is -2.26. The summed E-state index contributed by atoms with van der Waals surface area (Å²) in [6.45, 7) is 7.12. The van der Waals surface area contributed by atoms with Gasteiger partial charge < -0.3 is 14.1 Å². The van der Waals surface area contributed by atoms with Crippen molar-refractivity contribution in [3.8, 4) is 0 Å². The first-order chi connectivity index (χ1) is 8.96. The van der Waals surface area contributed by atoms with E-state index in [9.17, 15) is 4.79 Å². The Hall–Kier alpha value is -1.52. The van der Waals surface area contributed by atoms with Crippen LogP contribution in [0.3, 0.4) is 0 Å². The SMILES string of the molecule is CC(C)(C)OC(=O)N1CCCC(c2cnco2)CC1. The molecule has 2 heterocycles. The van der Waals surface area contributed by atoms with Gasteiger partial charge in [-0.15, -0.1) is 0 Å². The number of aromatic nitrogens is 1. The van der Waals surface area contributed by atoms with E-state index in [0.29, 0.717) is 12.5 Å². The van der Waals surface area contributed by atoms with Gasteiger partial charge in [-0.3, -0.25) is 0 Å². The molecule has 0 bridgehead atoms. The number of carbonyl (C=O) groups excluding carboxylic acids is 1. The highest BCUT2D eigenvalue weighted by Gasteiger charge is 2.26. The molecule has 5 nitrogen and oxygen atoms in total. The van der Waals surface area contributed by atoms with Gasteiger partial charge in [0.25, 0.3) is 0 Å². The second-order valence-electron chi connectivity index (χ2n) is 6.00. The van der Waals surface area contributed by atoms with Crippen LogP contribution in [0, 0.1) is 0 Å². The second-order valence-corrected chi connectivity index (χ2v) is 6.00. The lowest BCUT2D eigenvalue weighted by molar-refractivity contribution is 0.0256. The summed E-state index contributed by atoms with van der Waals surface area (Å²) in [5.74, 6) is 1.28. The molecule has 1 aliphatic rings. The van der Waals surface area contributed by atoms with E-state index in [0.717, 1.165) is 31.6 Å². The third-order valence-corrected chi connectivity index (χ3v) is 3.23. The molecule has 1 saturated heterocycles. The Kier molecular flexibility index (Phi) is 4.12. The first-order valence-electron chi connectivity index (χ1n) is 6.82. The molecular formula is C14H22N2O3. The van der Waals surface area contributed by atoms with Gasteiger partial charge in [-0.2, -0.15) is 0 Å². The van der Waals surface area contributed by atoms with Crippen molar-refractivity contribution in [3.05, 3.63) is 18.4 Å². The average Bonchev–Trinajstić information content (AvgIpc) is 2.71. The van der Waals surface area contributed by atoms with Gasteiger partial charge in [0.15, 0.2) is 6.39 Å². The zero-order chi connectivity index (χ0) is 13.9. The third kappa shape index (κ3) is 3.98. The van der Waals surface area contributed by atoms with Crippen LogP contribution in [0.1, 0.15) is 51.7 Å². The number of hydrogen-bond acceptors (Lipinski definition) is 4. The summed E-state index contributed by atoms with van der Waals surface area (Å²) in [5, 5.41) is 0. The maximum atomic E-state index is 12.0. The number of hydrogen-bond donors (Lipinski definition) is 0.